The maximum Gasteiger partial charge on any atom is 0.243 e. The minimum absolute atomic E-state index is 0.0941. The van der Waals surface area contributed by atoms with Crippen molar-refractivity contribution in [3.05, 3.63) is 35.9 Å². The molecule has 0 bridgehead atoms. The van der Waals surface area contributed by atoms with Crippen molar-refractivity contribution in [2.75, 3.05) is 13.1 Å². The number of aromatic nitrogens is 2. The molecule has 6 heteroatoms. The molecule has 1 aliphatic rings. The van der Waals surface area contributed by atoms with Crippen molar-refractivity contribution < 1.29 is 8.94 Å². The third-order valence-electron chi connectivity index (χ3n) is 4.38. The van der Waals surface area contributed by atoms with Gasteiger partial charge < -0.3 is 14.3 Å². The Kier molecular flexibility index (Phi) is 5.13. The van der Waals surface area contributed by atoms with Crippen molar-refractivity contribution in [1.29, 1.82) is 0 Å². The molecule has 3 rings (SSSR count). The molecule has 0 aromatic carbocycles. The fraction of sp³-hybridized carbons (Fsp3) is 0.647. The number of likely N-dealkylation sites (tertiary alicyclic amines) is 1. The van der Waals surface area contributed by atoms with Crippen molar-refractivity contribution in [3.8, 4) is 0 Å². The van der Waals surface area contributed by atoms with Gasteiger partial charge in [0, 0.05) is 25.0 Å². The standard InChI is InChI=1S/C17H26N4O2/c1-12(2)16-19-17(23-20-16)13(3)18-14-6-8-21(9-7-14)11-15-5-4-10-22-15/h4-5,10,12-14,18H,6-9,11H2,1-3H3/t13-/m0/s1. The lowest BCUT2D eigenvalue weighted by Gasteiger charge is -2.32. The molecule has 2 aromatic rings. The molecule has 0 radical (unpaired) electrons. The molecular weight excluding hydrogens is 292 g/mol. The fourth-order valence-electron chi connectivity index (χ4n) is 2.96. The minimum Gasteiger partial charge on any atom is -0.468 e. The summed E-state index contributed by atoms with van der Waals surface area (Å²) in [5.41, 5.74) is 0. The van der Waals surface area contributed by atoms with Crippen LogP contribution in [0.1, 0.15) is 63.0 Å². The third kappa shape index (κ3) is 4.20. The molecular formula is C17H26N4O2. The second-order valence-electron chi connectivity index (χ2n) is 6.66. The SMILES string of the molecule is CC(C)c1noc([C@H](C)NC2CCN(Cc3ccco3)CC2)n1. The van der Waals surface area contributed by atoms with Crippen molar-refractivity contribution in [2.24, 2.45) is 0 Å². The number of hydrogen-bond acceptors (Lipinski definition) is 6. The Balaban J connectivity index is 1.46. The molecule has 126 valence electrons. The van der Waals surface area contributed by atoms with E-state index in [2.05, 4.69) is 41.1 Å². The second-order valence-corrected chi connectivity index (χ2v) is 6.66. The number of hydrogen-bond donors (Lipinski definition) is 1. The normalized spacial score (nSPS) is 18.6. The summed E-state index contributed by atoms with van der Waals surface area (Å²) in [5.74, 6) is 2.80. The van der Waals surface area contributed by atoms with E-state index < -0.39 is 0 Å². The fourth-order valence-corrected chi connectivity index (χ4v) is 2.96. The van der Waals surface area contributed by atoms with Crippen LogP contribution in [-0.2, 0) is 6.54 Å². The van der Waals surface area contributed by atoms with Crippen LogP contribution in [-0.4, -0.2) is 34.2 Å². The smallest absolute Gasteiger partial charge is 0.243 e. The average molecular weight is 318 g/mol. The van der Waals surface area contributed by atoms with E-state index in [0.717, 1.165) is 44.1 Å². The Hall–Kier alpha value is -1.66. The van der Waals surface area contributed by atoms with Gasteiger partial charge in [-0.3, -0.25) is 4.90 Å². The predicted octanol–water partition coefficient (Wildman–Crippen LogP) is 3.10. The Bertz CT molecular complexity index is 586. The van der Waals surface area contributed by atoms with Crippen LogP contribution in [0, 0.1) is 0 Å². The van der Waals surface area contributed by atoms with E-state index in [1.54, 1.807) is 6.26 Å². The van der Waals surface area contributed by atoms with E-state index in [4.69, 9.17) is 8.94 Å². The Labute approximate surface area is 137 Å². The molecule has 6 nitrogen and oxygen atoms in total. The van der Waals surface area contributed by atoms with Gasteiger partial charge in [0.05, 0.1) is 18.8 Å². The van der Waals surface area contributed by atoms with Gasteiger partial charge in [-0.25, -0.2) is 0 Å². The Morgan fingerprint density at radius 1 is 1.30 bits per heavy atom. The van der Waals surface area contributed by atoms with E-state index in [1.165, 1.54) is 0 Å². The first kappa shape index (κ1) is 16.2. The summed E-state index contributed by atoms with van der Waals surface area (Å²) in [6.45, 7) is 9.28. The minimum atomic E-state index is 0.0941. The average Bonchev–Trinajstić information content (AvgIpc) is 3.20. The van der Waals surface area contributed by atoms with E-state index in [9.17, 15) is 0 Å². The molecule has 0 saturated carbocycles. The largest absolute Gasteiger partial charge is 0.468 e. The highest BCUT2D eigenvalue weighted by Crippen LogP contribution is 2.19. The molecule has 0 amide bonds. The summed E-state index contributed by atoms with van der Waals surface area (Å²) in [5, 5.41) is 7.66. The van der Waals surface area contributed by atoms with Gasteiger partial charge in [0.1, 0.15) is 5.76 Å². The zero-order valence-corrected chi connectivity index (χ0v) is 14.2. The Morgan fingerprint density at radius 3 is 2.70 bits per heavy atom. The predicted molar refractivity (Wildman–Crippen MR) is 86.9 cm³/mol. The first-order chi connectivity index (χ1) is 11.1. The van der Waals surface area contributed by atoms with E-state index in [-0.39, 0.29) is 6.04 Å². The summed E-state index contributed by atoms with van der Waals surface area (Å²) in [4.78, 5) is 6.91. The number of piperidine rings is 1. The summed E-state index contributed by atoms with van der Waals surface area (Å²) in [7, 11) is 0. The summed E-state index contributed by atoms with van der Waals surface area (Å²) >= 11 is 0. The lowest BCUT2D eigenvalue weighted by Crippen LogP contribution is -2.42. The molecule has 1 N–H and O–H groups in total. The number of rotatable bonds is 6. The van der Waals surface area contributed by atoms with Gasteiger partial charge in [0.15, 0.2) is 5.82 Å². The zero-order chi connectivity index (χ0) is 16.2. The summed E-state index contributed by atoms with van der Waals surface area (Å²) in [6, 6.07) is 4.57. The van der Waals surface area contributed by atoms with Crippen LogP contribution in [0.4, 0.5) is 0 Å². The van der Waals surface area contributed by atoms with Gasteiger partial charge in [-0.1, -0.05) is 19.0 Å². The monoisotopic (exact) mass is 318 g/mol. The third-order valence-corrected chi connectivity index (χ3v) is 4.38. The van der Waals surface area contributed by atoms with E-state index >= 15 is 0 Å². The highest BCUT2D eigenvalue weighted by atomic mass is 16.5. The second kappa shape index (κ2) is 7.27. The maximum absolute atomic E-state index is 5.42. The number of nitrogens with zero attached hydrogens (tertiary/aromatic N) is 3. The van der Waals surface area contributed by atoms with Crippen molar-refractivity contribution >= 4 is 0 Å². The molecule has 1 saturated heterocycles. The molecule has 1 fully saturated rings. The Morgan fingerprint density at radius 2 is 2.09 bits per heavy atom. The molecule has 0 spiro atoms. The van der Waals surface area contributed by atoms with Crippen LogP contribution in [0.15, 0.2) is 27.3 Å². The van der Waals surface area contributed by atoms with Crippen molar-refractivity contribution in [2.45, 2.75) is 58.2 Å². The van der Waals surface area contributed by atoms with Crippen LogP contribution in [0.5, 0.6) is 0 Å². The van der Waals surface area contributed by atoms with E-state index in [0.29, 0.717) is 17.9 Å². The van der Waals surface area contributed by atoms with E-state index in [1.807, 2.05) is 12.1 Å². The lowest BCUT2D eigenvalue weighted by molar-refractivity contribution is 0.170. The molecule has 0 aliphatic carbocycles. The van der Waals surface area contributed by atoms with Crippen LogP contribution in [0.25, 0.3) is 0 Å². The van der Waals surface area contributed by atoms with Crippen LogP contribution >= 0.6 is 0 Å². The van der Waals surface area contributed by atoms with Crippen LogP contribution < -0.4 is 5.32 Å². The number of nitrogens with one attached hydrogen (secondary N) is 1. The molecule has 1 aliphatic heterocycles. The van der Waals surface area contributed by atoms with Crippen LogP contribution in [0.3, 0.4) is 0 Å². The van der Waals surface area contributed by atoms with Gasteiger partial charge in [-0.15, -0.1) is 0 Å². The van der Waals surface area contributed by atoms with Crippen molar-refractivity contribution in [3.63, 3.8) is 0 Å². The first-order valence-electron chi connectivity index (χ1n) is 8.46. The van der Waals surface area contributed by atoms with Gasteiger partial charge in [0.2, 0.25) is 5.89 Å². The molecule has 3 heterocycles. The lowest BCUT2D eigenvalue weighted by atomic mass is 10.0. The molecule has 2 aromatic heterocycles. The highest BCUT2D eigenvalue weighted by molar-refractivity contribution is 4.99. The highest BCUT2D eigenvalue weighted by Gasteiger charge is 2.23. The molecule has 23 heavy (non-hydrogen) atoms. The van der Waals surface area contributed by atoms with Crippen LogP contribution in [0.2, 0.25) is 0 Å². The van der Waals surface area contributed by atoms with Crippen molar-refractivity contribution in [1.82, 2.24) is 20.4 Å². The molecule has 0 unspecified atom stereocenters. The topological polar surface area (TPSA) is 67.3 Å². The van der Waals surface area contributed by atoms with Gasteiger partial charge >= 0.3 is 0 Å². The first-order valence-corrected chi connectivity index (χ1v) is 8.46. The maximum atomic E-state index is 5.42. The van der Waals surface area contributed by atoms with Gasteiger partial charge in [-0.05, 0) is 31.9 Å². The molecule has 1 atom stereocenters. The summed E-state index contributed by atoms with van der Waals surface area (Å²) in [6.07, 6.45) is 3.98. The van der Waals surface area contributed by atoms with Gasteiger partial charge in [0.25, 0.3) is 0 Å². The zero-order valence-electron chi connectivity index (χ0n) is 14.2. The quantitative estimate of drug-likeness (QED) is 0.883. The van der Waals surface area contributed by atoms with Gasteiger partial charge in [-0.2, -0.15) is 4.98 Å². The summed E-state index contributed by atoms with van der Waals surface area (Å²) < 4.78 is 10.8. The number of furan rings is 1.